The Bertz CT molecular complexity index is 689. The zero-order valence-electron chi connectivity index (χ0n) is 13.6. The van der Waals surface area contributed by atoms with Gasteiger partial charge in [-0.05, 0) is 38.7 Å². The molecule has 2 heterocycles. The fourth-order valence-electron chi connectivity index (χ4n) is 3.36. The van der Waals surface area contributed by atoms with Crippen LogP contribution in [0, 0.1) is 0 Å². The lowest BCUT2D eigenvalue weighted by Crippen LogP contribution is -2.37. The van der Waals surface area contributed by atoms with E-state index in [0.717, 1.165) is 42.4 Å². The summed E-state index contributed by atoms with van der Waals surface area (Å²) in [5.41, 5.74) is 2.11. The van der Waals surface area contributed by atoms with Gasteiger partial charge >= 0.3 is 5.97 Å². The summed E-state index contributed by atoms with van der Waals surface area (Å²) in [4.78, 5) is 21.9. The zero-order chi connectivity index (χ0) is 16.4. The highest BCUT2D eigenvalue weighted by atomic mass is 16.5. The fourth-order valence-corrected chi connectivity index (χ4v) is 3.36. The minimum atomic E-state index is -0.346. The molecular weight excluding hydrogens is 294 g/mol. The molecule has 0 saturated heterocycles. The van der Waals surface area contributed by atoms with Gasteiger partial charge < -0.3 is 19.7 Å². The molecule has 2 aromatic heterocycles. The first kappa shape index (κ1) is 15.8. The van der Waals surface area contributed by atoms with Crippen LogP contribution in [0.25, 0.3) is 11.0 Å². The molecule has 0 radical (unpaired) electrons. The molecule has 0 aromatic carbocycles. The predicted molar refractivity (Wildman–Crippen MR) is 88.7 cm³/mol. The molecule has 3 rings (SSSR count). The highest BCUT2D eigenvalue weighted by molar-refractivity contribution is 6.04. The second-order valence-electron chi connectivity index (χ2n) is 6.05. The number of pyridine rings is 1. The lowest BCUT2D eigenvalue weighted by molar-refractivity contribution is 0.0526. The number of carbonyl (C=O) groups excluding carboxylic acids is 1. The molecule has 1 aliphatic carbocycles. The molecule has 2 N–H and O–H groups in total. The summed E-state index contributed by atoms with van der Waals surface area (Å²) in [5, 5.41) is 10.6. The van der Waals surface area contributed by atoms with Gasteiger partial charge in [-0.1, -0.05) is 0 Å². The van der Waals surface area contributed by atoms with Crippen molar-refractivity contribution < 1.29 is 14.6 Å². The van der Waals surface area contributed by atoms with E-state index in [1.54, 1.807) is 13.1 Å². The zero-order valence-corrected chi connectivity index (χ0v) is 13.6. The van der Waals surface area contributed by atoms with Gasteiger partial charge in [0, 0.05) is 30.9 Å². The number of anilines is 1. The molecule has 0 bridgehead atoms. The molecule has 2 aromatic rings. The van der Waals surface area contributed by atoms with Crippen LogP contribution in [-0.2, 0) is 4.74 Å². The second kappa shape index (κ2) is 6.58. The molecular formula is C17H23N3O3. The molecule has 6 heteroatoms. The molecule has 6 nitrogen and oxygen atoms in total. The average Bonchev–Trinajstić information content (AvgIpc) is 3.02. The number of esters is 1. The van der Waals surface area contributed by atoms with Crippen LogP contribution in [0.4, 0.5) is 5.69 Å². The number of H-pyrrole nitrogens is 1. The molecule has 1 fully saturated rings. The Labute approximate surface area is 135 Å². The van der Waals surface area contributed by atoms with Crippen molar-refractivity contribution >= 4 is 22.7 Å². The van der Waals surface area contributed by atoms with Crippen molar-refractivity contribution in [2.24, 2.45) is 0 Å². The van der Waals surface area contributed by atoms with E-state index in [4.69, 9.17) is 4.74 Å². The number of hydrogen-bond donors (Lipinski definition) is 2. The normalized spacial score (nSPS) is 21.3. The van der Waals surface area contributed by atoms with E-state index in [1.807, 2.05) is 19.3 Å². The summed E-state index contributed by atoms with van der Waals surface area (Å²) in [5.74, 6) is -0.346. The van der Waals surface area contributed by atoms with Crippen LogP contribution >= 0.6 is 0 Å². The van der Waals surface area contributed by atoms with Gasteiger partial charge in [-0.25, -0.2) is 9.78 Å². The van der Waals surface area contributed by atoms with E-state index in [9.17, 15) is 9.90 Å². The first-order valence-corrected chi connectivity index (χ1v) is 8.16. The van der Waals surface area contributed by atoms with Crippen LogP contribution in [0.1, 0.15) is 43.0 Å². The minimum absolute atomic E-state index is 0.200. The van der Waals surface area contributed by atoms with Crippen molar-refractivity contribution in [1.82, 2.24) is 9.97 Å². The Hall–Kier alpha value is -2.08. The number of carbonyl (C=O) groups is 1. The molecule has 124 valence electrons. The van der Waals surface area contributed by atoms with Gasteiger partial charge in [0.05, 0.1) is 18.4 Å². The van der Waals surface area contributed by atoms with Gasteiger partial charge in [-0.3, -0.25) is 0 Å². The van der Waals surface area contributed by atoms with Gasteiger partial charge in [0.1, 0.15) is 11.2 Å². The number of hydrogen-bond acceptors (Lipinski definition) is 5. The van der Waals surface area contributed by atoms with E-state index in [2.05, 4.69) is 14.9 Å². The topological polar surface area (TPSA) is 78.5 Å². The Balaban J connectivity index is 2.00. The highest BCUT2D eigenvalue weighted by Crippen LogP contribution is 2.33. The van der Waals surface area contributed by atoms with Crippen LogP contribution in [0.3, 0.4) is 0 Å². The largest absolute Gasteiger partial charge is 0.462 e. The molecule has 0 atom stereocenters. The van der Waals surface area contributed by atoms with Crippen LogP contribution in [0.2, 0.25) is 0 Å². The van der Waals surface area contributed by atoms with Crippen molar-refractivity contribution in [3.63, 3.8) is 0 Å². The Kier molecular flexibility index (Phi) is 4.52. The van der Waals surface area contributed by atoms with Gasteiger partial charge in [0.25, 0.3) is 0 Å². The summed E-state index contributed by atoms with van der Waals surface area (Å²) >= 11 is 0. The Morgan fingerprint density at radius 1 is 1.43 bits per heavy atom. The van der Waals surface area contributed by atoms with Gasteiger partial charge in [-0.2, -0.15) is 0 Å². The van der Waals surface area contributed by atoms with Crippen molar-refractivity contribution in [2.75, 3.05) is 18.6 Å². The summed E-state index contributed by atoms with van der Waals surface area (Å²) < 4.78 is 5.19. The fraction of sp³-hybridized carbons (Fsp3) is 0.529. The number of aliphatic hydroxyl groups is 1. The standard InChI is InChI=1S/C17H23N3O3/c1-3-23-17(22)14-10-19-16-13(8-9-18-16)15(14)20(2)11-4-6-12(21)7-5-11/h8-12,21H,3-7H2,1-2H3,(H,18,19)/t11-,12+. The number of aromatic nitrogens is 2. The summed E-state index contributed by atoms with van der Waals surface area (Å²) in [7, 11) is 2.01. The van der Waals surface area contributed by atoms with Crippen molar-refractivity contribution in [2.45, 2.75) is 44.8 Å². The van der Waals surface area contributed by atoms with E-state index in [0.29, 0.717) is 18.2 Å². The quantitative estimate of drug-likeness (QED) is 0.847. The van der Waals surface area contributed by atoms with E-state index < -0.39 is 0 Å². The highest BCUT2D eigenvalue weighted by Gasteiger charge is 2.27. The number of ether oxygens (including phenoxy) is 1. The molecule has 0 amide bonds. The lowest BCUT2D eigenvalue weighted by atomic mass is 9.91. The Morgan fingerprint density at radius 2 is 2.17 bits per heavy atom. The average molecular weight is 317 g/mol. The molecule has 1 saturated carbocycles. The van der Waals surface area contributed by atoms with E-state index >= 15 is 0 Å². The second-order valence-corrected chi connectivity index (χ2v) is 6.05. The summed E-state index contributed by atoms with van der Waals surface area (Å²) in [6, 6.07) is 2.24. The van der Waals surface area contributed by atoms with Crippen LogP contribution in [0.5, 0.6) is 0 Å². The summed E-state index contributed by atoms with van der Waals surface area (Å²) in [6.45, 7) is 2.13. The molecule has 23 heavy (non-hydrogen) atoms. The van der Waals surface area contributed by atoms with E-state index in [1.165, 1.54) is 0 Å². The number of rotatable bonds is 4. The number of aliphatic hydroxyl groups excluding tert-OH is 1. The predicted octanol–water partition coefficient (Wildman–Crippen LogP) is 2.48. The number of nitrogens with zero attached hydrogens (tertiary/aromatic N) is 2. The van der Waals surface area contributed by atoms with Crippen LogP contribution < -0.4 is 4.90 Å². The number of fused-ring (bicyclic) bond motifs is 1. The number of nitrogens with one attached hydrogen (secondary N) is 1. The van der Waals surface area contributed by atoms with Gasteiger partial charge in [-0.15, -0.1) is 0 Å². The first-order valence-electron chi connectivity index (χ1n) is 8.16. The van der Waals surface area contributed by atoms with Crippen LogP contribution in [-0.4, -0.2) is 46.8 Å². The number of aromatic amines is 1. The maximum Gasteiger partial charge on any atom is 0.341 e. The maximum atomic E-state index is 12.3. The van der Waals surface area contributed by atoms with Crippen LogP contribution in [0.15, 0.2) is 18.5 Å². The van der Waals surface area contributed by atoms with Crippen molar-refractivity contribution in [3.05, 3.63) is 24.0 Å². The third-order valence-corrected chi connectivity index (χ3v) is 4.62. The monoisotopic (exact) mass is 317 g/mol. The lowest BCUT2D eigenvalue weighted by Gasteiger charge is -2.35. The first-order chi connectivity index (χ1) is 11.1. The molecule has 0 unspecified atom stereocenters. The summed E-state index contributed by atoms with van der Waals surface area (Å²) in [6.07, 6.45) is 6.63. The SMILES string of the molecule is CCOC(=O)c1cnc2[nH]ccc2c1N(C)[C@H]1CC[C@@H](O)CC1. The maximum absolute atomic E-state index is 12.3. The molecule has 0 spiro atoms. The molecule has 0 aliphatic heterocycles. The third-order valence-electron chi connectivity index (χ3n) is 4.62. The molecule has 1 aliphatic rings. The Morgan fingerprint density at radius 3 is 2.87 bits per heavy atom. The third kappa shape index (κ3) is 3.03. The van der Waals surface area contributed by atoms with E-state index in [-0.39, 0.29) is 12.1 Å². The smallest absolute Gasteiger partial charge is 0.341 e. The van der Waals surface area contributed by atoms with Crippen molar-refractivity contribution in [1.29, 1.82) is 0 Å². The van der Waals surface area contributed by atoms with Gasteiger partial charge in [0.15, 0.2) is 0 Å². The van der Waals surface area contributed by atoms with Gasteiger partial charge in [0.2, 0.25) is 0 Å². The minimum Gasteiger partial charge on any atom is -0.462 e. The van der Waals surface area contributed by atoms with Crippen molar-refractivity contribution in [3.8, 4) is 0 Å².